The average molecular weight is 406 g/mol. The SMILES string of the molecule is Cn1ccn(-c2ccc(N3CCCN(C(=O)OCc4ccccc4)CC3)cc2)c1=O. The van der Waals surface area contributed by atoms with Crippen LogP contribution in [-0.4, -0.2) is 46.3 Å². The molecule has 7 heteroatoms. The molecular formula is C23H26N4O3. The van der Waals surface area contributed by atoms with E-state index in [0.717, 1.165) is 36.4 Å². The Kier molecular flexibility index (Phi) is 5.88. The normalized spacial score (nSPS) is 14.4. The number of carbonyl (C=O) groups excluding carboxylic acids is 1. The molecule has 0 radical (unpaired) electrons. The molecule has 30 heavy (non-hydrogen) atoms. The van der Waals surface area contributed by atoms with Crippen LogP contribution in [0.15, 0.2) is 71.8 Å². The van der Waals surface area contributed by atoms with Gasteiger partial charge in [-0.3, -0.25) is 4.57 Å². The zero-order chi connectivity index (χ0) is 20.9. The van der Waals surface area contributed by atoms with Crippen LogP contribution in [0.3, 0.4) is 0 Å². The molecule has 1 fully saturated rings. The number of hydrogen-bond donors (Lipinski definition) is 0. The highest BCUT2D eigenvalue weighted by Crippen LogP contribution is 2.19. The number of aryl methyl sites for hydroxylation is 1. The summed E-state index contributed by atoms with van der Waals surface area (Å²) < 4.78 is 8.65. The quantitative estimate of drug-likeness (QED) is 0.668. The number of rotatable bonds is 4. The Bertz CT molecular complexity index is 1040. The number of anilines is 1. The van der Waals surface area contributed by atoms with Crippen LogP contribution >= 0.6 is 0 Å². The molecule has 3 aromatic rings. The summed E-state index contributed by atoms with van der Waals surface area (Å²) in [5, 5.41) is 0. The second-order valence-electron chi connectivity index (χ2n) is 7.45. The zero-order valence-corrected chi connectivity index (χ0v) is 17.1. The lowest BCUT2D eigenvalue weighted by atomic mass is 10.2. The molecule has 0 aliphatic carbocycles. The lowest BCUT2D eigenvalue weighted by Gasteiger charge is -2.23. The monoisotopic (exact) mass is 406 g/mol. The molecule has 0 atom stereocenters. The molecule has 0 spiro atoms. The van der Waals surface area contributed by atoms with Crippen molar-refractivity contribution in [2.45, 2.75) is 13.0 Å². The van der Waals surface area contributed by atoms with Crippen molar-refractivity contribution < 1.29 is 9.53 Å². The summed E-state index contributed by atoms with van der Waals surface area (Å²) in [6.45, 7) is 3.20. The van der Waals surface area contributed by atoms with Crippen LogP contribution in [0.25, 0.3) is 5.69 Å². The van der Waals surface area contributed by atoms with Gasteiger partial charge in [0.1, 0.15) is 6.61 Å². The minimum Gasteiger partial charge on any atom is -0.445 e. The molecule has 4 rings (SSSR count). The maximum Gasteiger partial charge on any atom is 0.410 e. The van der Waals surface area contributed by atoms with Crippen molar-refractivity contribution in [2.75, 3.05) is 31.1 Å². The number of imidazole rings is 1. The molecule has 1 aromatic heterocycles. The van der Waals surface area contributed by atoms with E-state index in [9.17, 15) is 9.59 Å². The predicted molar refractivity (Wildman–Crippen MR) is 116 cm³/mol. The molecule has 0 unspecified atom stereocenters. The van der Waals surface area contributed by atoms with Gasteiger partial charge in [-0.25, -0.2) is 9.59 Å². The number of aromatic nitrogens is 2. The fraction of sp³-hybridized carbons (Fsp3) is 0.304. The van der Waals surface area contributed by atoms with Crippen molar-refractivity contribution in [2.24, 2.45) is 7.05 Å². The van der Waals surface area contributed by atoms with Gasteiger partial charge < -0.3 is 19.1 Å². The summed E-state index contributed by atoms with van der Waals surface area (Å²) in [7, 11) is 1.74. The van der Waals surface area contributed by atoms with Crippen LogP contribution in [0.5, 0.6) is 0 Å². The largest absolute Gasteiger partial charge is 0.445 e. The molecular weight excluding hydrogens is 380 g/mol. The Hall–Kier alpha value is -3.48. The van der Waals surface area contributed by atoms with Crippen LogP contribution in [0.1, 0.15) is 12.0 Å². The van der Waals surface area contributed by atoms with E-state index < -0.39 is 0 Å². The van der Waals surface area contributed by atoms with Gasteiger partial charge in [0.05, 0.1) is 5.69 Å². The van der Waals surface area contributed by atoms with Crippen LogP contribution in [0.4, 0.5) is 10.5 Å². The fourth-order valence-electron chi connectivity index (χ4n) is 3.65. The second-order valence-corrected chi connectivity index (χ2v) is 7.45. The average Bonchev–Trinajstić information content (AvgIpc) is 2.97. The van der Waals surface area contributed by atoms with Crippen LogP contribution < -0.4 is 10.6 Å². The number of nitrogens with zero attached hydrogens (tertiary/aromatic N) is 4. The molecule has 1 saturated heterocycles. The fourth-order valence-corrected chi connectivity index (χ4v) is 3.65. The van der Waals surface area contributed by atoms with Gasteiger partial charge in [-0.1, -0.05) is 30.3 Å². The van der Waals surface area contributed by atoms with E-state index in [1.807, 2.05) is 54.6 Å². The first kappa shape index (κ1) is 19.8. The number of amides is 1. The third-order valence-electron chi connectivity index (χ3n) is 5.40. The van der Waals surface area contributed by atoms with Crippen molar-refractivity contribution in [1.29, 1.82) is 0 Å². The van der Waals surface area contributed by atoms with Crippen LogP contribution in [0.2, 0.25) is 0 Å². The molecule has 2 heterocycles. The second kappa shape index (κ2) is 8.90. The van der Waals surface area contributed by atoms with Gasteiger partial charge in [-0.15, -0.1) is 0 Å². The smallest absolute Gasteiger partial charge is 0.410 e. The first-order valence-electron chi connectivity index (χ1n) is 10.2. The van der Waals surface area contributed by atoms with E-state index in [0.29, 0.717) is 19.7 Å². The summed E-state index contributed by atoms with van der Waals surface area (Å²) in [5.74, 6) is 0. The van der Waals surface area contributed by atoms with E-state index in [2.05, 4.69) is 4.90 Å². The van der Waals surface area contributed by atoms with Gasteiger partial charge in [-0.2, -0.15) is 0 Å². The molecule has 156 valence electrons. The molecule has 7 nitrogen and oxygen atoms in total. The minimum atomic E-state index is -0.264. The van der Waals surface area contributed by atoms with E-state index in [1.54, 1.807) is 33.5 Å². The molecule has 0 N–H and O–H groups in total. The summed E-state index contributed by atoms with van der Waals surface area (Å²) >= 11 is 0. The third kappa shape index (κ3) is 4.40. The standard InChI is InChI=1S/C23H26N4O3/c1-24-14-17-27(22(24)28)21-10-8-20(9-11-21)25-12-5-13-26(16-15-25)23(29)30-18-19-6-3-2-4-7-19/h2-4,6-11,14,17H,5,12-13,15-16,18H2,1H3. The predicted octanol–water partition coefficient (Wildman–Crippen LogP) is 3.02. The zero-order valence-electron chi connectivity index (χ0n) is 17.1. The Morgan fingerprint density at radius 2 is 1.63 bits per heavy atom. The lowest BCUT2D eigenvalue weighted by molar-refractivity contribution is 0.0986. The number of ether oxygens (including phenoxy) is 1. The van der Waals surface area contributed by atoms with Crippen molar-refractivity contribution in [1.82, 2.24) is 14.0 Å². The number of carbonyl (C=O) groups is 1. The first-order chi connectivity index (χ1) is 14.6. The van der Waals surface area contributed by atoms with Crippen molar-refractivity contribution in [3.8, 4) is 5.69 Å². The number of benzene rings is 2. The van der Waals surface area contributed by atoms with Crippen molar-refractivity contribution >= 4 is 11.8 Å². The molecule has 2 aromatic carbocycles. The Morgan fingerprint density at radius 1 is 0.900 bits per heavy atom. The topological polar surface area (TPSA) is 59.7 Å². The van der Waals surface area contributed by atoms with Gasteiger partial charge in [-0.05, 0) is 36.2 Å². The third-order valence-corrected chi connectivity index (χ3v) is 5.40. The summed E-state index contributed by atoms with van der Waals surface area (Å²) in [6.07, 6.45) is 4.12. The minimum absolute atomic E-state index is 0.0674. The molecule has 1 aliphatic rings. The number of hydrogen-bond acceptors (Lipinski definition) is 4. The van der Waals surface area contributed by atoms with Crippen molar-refractivity contribution in [3.63, 3.8) is 0 Å². The van der Waals surface area contributed by atoms with E-state index >= 15 is 0 Å². The summed E-state index contributed by atoms with van der Waals surface area (Å²) in [5.41, 5.74) is 2.84. The Labute approximate surface area is 175 Å². The van der Waals surface area contributed by atoms with Gasteiger partial charge in [0.2, 0.25) is 0 Å². The van der Waals surface area contributed by atoms with Gasteiger partial charge in [0.25, 0.3) is 0 Å². The molecule has 0 saturated carbocycles. The van der Waals surface area contributed by atoms with E-state index in [-0.39, 0.29) is 11.8 Å². The lowest BCUT2D eigenvalue weighted by Crippen LogP contribution is -2.35. The molecule has 1 amide bonds. The van der Waals surface area contributed by atoms with Crippen molar-refractivity contribution in [3.05, 3.63) is 83.0 Å². The Balaban J connectivity index is 1.35. The highest BCUT2D eigenvalue weighted by molar-refractivity contribution is 5.68. The summed E-state index contributed by atoms with van der Waals surface area (Å²) in [4.78, 5) is 28.6. The molecule has 1 aliphatic heterocycles. The van der Waals surface area contributed by atoms with Crippen LogP contribution in [-0.2, 0) is 18.4 Å². The molecule has 0 bridgehead atoms. The van der Waals surface area contributed by atoms with Crippen LogP contribution in [0, 0.1) is 0 Å². The highest BCUT2D eigenvalue weighted by Gasteiger charge is 2.20. The van der Waals surface area contributed by atoms with E-state index in [4.69, 9.17) is 4.74 Å². The highest BCUT2D eigenvalue weighted by atomic mass is 16.6. The van der Waals surface area contributed by atoms with Gasteiger partial charge in [0.15, 0.2) is 0 Å². The van der Waals surface area contributed by atoms with Gasteiger partial charge >= 0.3 is 11.8 Å². The van der Waals surface area contributed by atoms with E-state index in [1.165, 1.54) is 0 Å². The van der Waals surface area contributed by atoms with Gasteiger partial charge in [0, 0.05) is 51.3 Å². The first-order valence-corrected chi connectivity index (χ1v) is 10.2. The Morgan fingerprint density at radius 3 is 2.33 bits per heavy atom. The maximum atomic E-state index is 12.5. The maximum absolute atomic E-state index is 12.5. The summed E-state index contributed by atoms with van der Waals surface area (Å²) in [6, 6.07) is 17.7.